The number of benzene rings is 1. The van der Waals surface area contributed by atoms with Gasteiger partial charge in [0.1, 0.15) is 5.75 Å². The quantitative estimate of drug-likeness (QED) is 0.715. The third-order valence-electron chi connectivity index (χ3n) is 2.80. The van der Waals surface area contributed by atoms with Gasteiger partial charge < -0.3 is 10.2 Å². The van der Waals surface area contributed by atoms with Crippen LogP contribution < -0.4 is 0 Å². The van der Waals surface area contributed by atoms with Crippen molar-refractivity contribution in [3.63, 3.8) is 0 Å². The molecule has 0 aliphatic heterocycles. The number of unbranched alkanes of at least 4 members (excludes halogenated alkanes) is 4. The fourth-order valence-electron chi connectivity index (χ4n) is 1.72. The van der Waals surface area contributed by atoms with Crippen molar-refractivity contribution in [1.82, 2.24) is 0 Å². The second-order valence-corrected chi connectivity index (χ2v) is 4.33. The molecule has 0 aromatic heterocycles. The Bertz CT molecular complexity index is 422. The lowest BCUT2D eigenvalue weighted by Crippen LogP contribution is -1.95. The molecule has 98 valence electrons. The molecule has 0 aliphatic rings. The SMILES string of the molecule is CCCCCCC=Cc1cc(C(=O)O)ccc1O. The monoisotopic (exact) mass is 248 g/mol. The molecule has 2 N–H and O–H groups in total. The summed E-state index contributed by atoms with van der Waals surface area (Å²) in [6, 6.07) is 4.30. The van der Waals surface area contributed by atoms with Crippen LogP contribution in [0.2, 0.25) is 0 Å². The summed E-state index contributed by atoms with van der Waals surface area (Å²) < 4.78 is 0. The van der Waals surface area contributed by atoms with Gasteiger partial charge in [-0.2, -0.15) is 0 Å². The van der Waals surface area contributed by atoms with Crippen LogP contribution in [-0.4, -0.2) is 16.2 Å². The molecule has 0 saturated heterocycles. The van der Waals surface area contributed by atoms with Crippen LogP contribution >= 0.6 is 0 Å². The summed E-state index contributed by atoms with van der Waals surface area (Å²) in [5.41, 5.74) is 0.754. The van der Waals surface area contributed by atoms with E-state index in [4.69, 9.17) is 5.11 Å². The van der Waals surface area contributed by atoms with Gasteiger partial charge in [0.2, 0.25) is 0 Å². The Balaban J connectivity index is 2.57. The van der Waals surface area contributed by atoms with Crippen molar-refractivity contribution in [3.8, 4) is 5.75 Å². The lowest BCUT2D eigenvalue weighted by molar-refractivity contribution is 0.0697. The van der Waals surface area contributed by atoms with Crippen LogP contribution in [0.5, 0.6) is 5.75 Å². The van der Waals surface area contributed by atoms with Gasteiger partial charge in [0.05, 0.1) is 5.56 Å². The molecule has 0 radical (unpaired) electrons. The van der Waals surface area contributed by atoms with Crippen LogP contribution in [0, 0.1) is 0 Å². The maximum atomic E-state index is 10.8. The number of phenols is 1. The third-order valence-corrected chi connectivity index (χ3v) is 2.80. The van der Waals surface area contributed by atoms with Gasteiger partial charge in [-0.1, -0.05) is 38.3 Å². The molecular formula is C15H20O3. The minimum absolute atomic E-state index is 0.116. The first-order valence-corrected chi connectivity index (χ1v) is 6.38. The maximum Gasteiger partial charge on any atom is 0.335 e. The van der Waals surface area contributed by atoms with Crippen LogP contribution in [0.4, 0.5) is 0 Å². The normalized spacial score (nSPS) is 10.9. The molecule has 3 heteroatoms. The summed E-state index contributed by atoms with van der Waals surface area (Å²) >= 11 is 0. The fourth-order valence-corrected chi connectivity index (χ4v) is 1.72. The molecule has 0 saturated carbocycles. The summed E-state index contributed by atoms with van der Waals surface area (Å²) in [6.45, 7) is 2.17. The molecule has 1 aromatic carbocycles. The van der Waals surface area contributed by atoms with Crippen molar-refractivity contribution >= 4 is 12.0 Å². The average Bonchev–Trinajstić information content (AvgIpc) is 2.35. The van der Waals surface area contributed by atoms with Crippen molar-refractivity contribution < 1.29 is 15.0 Å². The zero-order valence-corrected chi connectivity index (χ0v) is 10.7. The zero-order valence-electron chi connectivity index (χ0n) is 10.7. The van der Waals surface area contributed by atoms with E-state index in [0.29, 0.717) is 5.56 Å². The highest BCUT2D eigenvalue weighted by molar-refractivity contribution is 5.88. The number of carboxylic acid groups (broad SMARTS) is 1. The second-order valence-electron chi connectivity index (χ2n) is 4.33. The topological polar surface area (TPSA) is 57.5 Å². The summed E-state index contributed by atoms with van der Waals surface area (Å²) in [7, 11) is 0. The van der Waals surface area contributed by atoms with E-state index in [0.717, 1.165) is 12.8 Å². The Morgan fingerprint density at radius 1 is 1.28 bits per heavy atom. The van der Waals surface area contributed by atoms with Crippen molar-refractivity contribution in [3.05, 3.63) is 35.4 Å². The number of aromatic carboxylic acids is 1. The first-order chi connectivity index (χ1) is 8.65. The molecule has 18 heavy (non-hydrogen) atoms. The number of aromatic hydroxyl groups is 1. The van der Waals surface area contributed by atoms with Gasteiger partial charge in [0.15, 0.2) is 0 Å². The van der Waals surface area contributed by atoms with Crippen LogP contribution in [0.15, 0.2) is 24.3 Å². The largest absolute Gasteiger partial charge is 0.507 e. The summed E-state index contributed by atoms with van der Waals surface area (Å²) in [4.78, 5) is 10.8. The molecule has 0 bridgehead atoms. The minimum atomic E-state index is -0.979. The Kier molecular flexibility index (Phi) is 5.98. The van der Waals surface area contributed by atoms with E-state index in [-0.39, 0.29) is 11.3 Å². The zero-order chi connectivity index (χ0) is 13.4. The van der Waals surface area contributed by atoms with Crippen molar-refractivity contribution in [2.75, 3.05) is 0 Å². The predicted molar refractivity (Wildman–Crippen MR) is 72.9 cm³/mol. The second kappa shape index (κ2) is 7.54. The molecule has 1 aromatic rings. The molecule has 0 fully saturated rings. The van der Waals surface area contributed by atoms with E-state index < -0.39 is 5.97 Å². The number of allylic oxidation sites excluding steroid dienone is 1. The van der Waals surface area contributed by atoms with E-state index in [9.17, 15) is 9.90 Å². The Morgan fingerprint density at radius 3 is 2.72 bits per heavy atom. The van der Waals surface area contributed by atoms with Crippen LogP contribution in [0.1, 0.15) is 54.9 Å². The first-order valence-electron chi connectivity index (χ1n) is 6.38. The highest BCUT2D eigenvalue weighted by Crippen LogP contribution is 2.20. The van der Waals surface area contributed by atoms with Gasteiger partial charge in [0, 0.05) is 5.56 Å². The number of phenolic OH excluding ortho intramolecular Hbond substituents is 1. The Hall–Kier alpha value is -1.77. The van der Waals surface area contributed by atoms with E-state index in [1.807, 2.05) is 6.08 Å². The lowest BCUT2D eigenvalue weighted by atomic mass is 10.1. The molecule has 0 amide bonds. The number of carboxylic acids is 1. The Morgan fingerprint density at radius 2 is 2.06 bits per heavy atom. The standard InChI is InChI=1S/C15H20O3/c1-2-3-4-5-6-7-8-12-11-13(15(17)18)9-10-14(12)16/h7-11,16H,2-6H2,1H3,(H,17,18). The van der Waals surface area contributed by atoms with Crippen molar-refractivity contribution in [2.24, 2.45) is 0 Å². The Labute approximate surface area is 108 Å². The van der Waals surface area contributed by atoms with Gasteiger partial charge >= 0.3 is 5.97 Å². The van der Waals surface area contributed by atoms with Gasteiger partial charge in [-0.25, -0.2) is 4.79 Å². The van der Waals surface area contributed by atoms with Crippen molar-refractivity contribution in [1.29, 1.82) is 0 Å². The molecule has 0 unspecified atom stereocenters. The molecule has 0 aliphatic carbocycles. The van der Waals surface area contributed by atoms with Gasteiger partial charge in [-0.05, 0) is 31.0 Å². The van der Waals surface area contributed by atoms with E-state index in [2.05, 4.69) is 6.92 Å². The smallest absolute Gasteiger partial charge is 0.335 e. The number of hydrogen-bond donors (Lipinski definition) is 2. The fraction of sp³-hybridized carbons (Fsp3) is 0.400. The molecule has 0 spiro atoms. The van der Waals surface area contributed by atoms with Crippen LogP contribution in [0.25, 0.3) is 6.08 Å². The highest BCUT2D eigenvalue weighted by Gasteiger charge is 2.05. The molecule has 1 rings (SSSR count). The predicted octanol–water partition coefficient (Wildman–Crippen LogP) is 4.07. The maximum absolute atomic E-state index is 10.8. The first kappa shape index (κ1) is 14.3. The minimum Gasteiger partial charge on any atom is -0.507 e. The van der Waals surface area contributed by atoms with E-state index in [1.54, 1.807) is 6.08 Å². The molecule has 0 heterocycles. The lowest BCUT2D eigenvalue weighted by Gasteiger charge is -2.01. The van der Waals surface area contributed by atoms with Crippen LogP contribution in [0.3, 0.4) is 0 Å². The van der Waals surface area contributed by atoms with Crippen molar-refractivity contribution in [2.45, 2.75) is 39.0 Å². The summed E-state index contributed by atoms with van der Waals surface area (Å²) in [6.07, 6.45) is 9.52. The average molecular weight is 248 g/mol. The van der Waals surface area contributed by atoms with E-state index >= 15 is 0 Å². The van der Waals surface area contributed by atoms with Gasteiger partial charge in [-0.15, -0.1) is 0 Å². The summed E-state index contributed by atoms with van der Waals surface area (Å²) in [5.74, 6) is -0.864. The number of carbonyl (C=O) groups is 1. The third kappa shape index (κ3) is 4.62. The number of hydrogen-bond acceptors (Lipinski definition) is 2. The molecular weight excluding hydrogens is 228 g/mol. The van der Waals surface area contributed by atoms with Gasteiger partial charge in [-0.3, -0.25) is 0 Å². The van der Waals surface area contributed by atoms with Gasteiger partial charge in [0.25, 0.3) is 0 Å². The van der Waals surface area contributed by atoms with E-state index in [1.165, 1.54) is 37.5 Å². The molecule has 0 atom stereocenters. The number of rotatable bonds is 7. The highest BCUT2D eigenvalue weighted by atomic mass is 16.4. The van der Waals surface area contributed by atoms with Crippen LogP contribution in [-0.2, 0) is 0 Å². The summed E-state index contributed by atoms with van der Waals surface area (Å²) in [5, 5.41) is 18.5. The molecule has 3 nitrogen and oxygen atoms in total.